The molecule has 2 aliphatic rings. The van der Waals surface area contributed by atoms with Crippen molar-refractivity contribution in [2.75, 3.05) is 20.2 Å². The first-order chi connectivity index (χ1) is 11.6. The van der Waals surface area contributed by atoms with Crippen molar-refractivity contribution in [3.63, 3.8) is 0 Å². The fourth-order valence-corrected chi connectivity index (χ4v) is 4.10. The van der Waals surface area contributed by atoms with Crippen LogP contribution in [0.5, 0.6) is 0 Å². The molecule has 1 unspecified atom stereocenters. The standard InChI is InChI=1S/C19H22N2O3/c1-24-18(23)15-12-19(15)7-10-20(11-8-19)17(22)13-21-9-6-14-4-2-3-5-16(14)21/h2-6,9,15H,7-8,10-13H2,1H3. The van der Waals surface area contributed by atoms with Gasteiger partial charge in [-0.05, 0) is 42.2 Å². The molecular weight excluding hydrogens is 304 g/mol. The molecule has 1 amide bonds. The number of ether oxygens (including phenoxy) is 1. The first-order valence-electron chi connectivity index (χ1n) is 8.52. The van der Waals surface area contributed by atoms with E-state index < -0.39 is 0 Å². The lowest BCUT2D eigenvalue weighted by Gasteiger charge is -2.33. The highest BCUT2D eigenvalue weighted by atomic mass is 16.5. The summed E-state index contributed by atoms with van der Waals surface area (Å²) in [7, 11) is 1.45. The summed E-state index contributed by atoms with van der Waals surface area (Å²) < 4.78 is 6.87. The summed E-state index contributed by atoms with van der Waals surface area (Å²) in [5, 5.41) is 1.15. The lowest BCUT2D eigenvalue weighted by molar-refractivity contribution is -0.143. The van der Waals surface area contributed by atoms with E-state index in [1.807, 2.05) is 39.9 Å². The number of likely N-dealkylation sites (tertiary alicyclic amines) is 1. The fraction of sp³-hybridized carbons (Fsp3) is 0.474. The van der Waals surface area contributed by atoms with Gasteiger partial charge in [0.1, 0.15) is 6.54 Å². The Balaban J connectivity index is 1.38. The van der Waals surface area contributed by atoms with Crippen LogP contribution in [0.3, 0.4) is 0 Å². The maximum absolute atomic E-state index is 12.6. The number of amides is 1. The second kappa shape index (κ2) is 5.65. The topological polar surface area (TPSA) is 51.5 Å². The van der Waals surface area contributed by atoms with Gasteiger partial charge in [0.2, 0.25) is 5.91 Å². The van der Waals surface area contributed by atoms with Crippen molar-refractivity contribution in [2.24, 2.45) is 11.3 Å². The maximum atomic E-state index is 12.6. The number of esters is 1. The van der Waals surface area contributed by atoms with Gasteiger partial charge in [0.15, 0.2) is 0 Å². The van der Waals surface area contributed by atoms with Crippen molar-refractivity contribution in [3.05, 3.63) is 36.5 Å². The second-order valence-electron chi connectivity index (χ2n) is 7.03. The summed E-state index contributed by atoms with van der Waals surface area (Å²) in [6, 6.07) is 10.1. The first-order valence-corrected chi connectivity index (χ1v) is 8.52. The minimum atomic E-state index is -0.0893. The van der Waals surface area contributed by atoms with Gasteiger partial charge < -0.3 is 14.2 Å². The summed E-state index contributed by atoms with van der Waals surface area (Å²) in [4.78, 5) is 26.3. The number of rotatable bonds is 3. The summed E-state index contributed by atoms with van der Waals surface area (Å²) >= 11 is 0. The molecule has 4 rings (SSSR count). The van der Waals surface area contributed by atoms with Crippen molar-refractivity contribution in [1.82, 2.24) is 9.47 Å². The van der Waals surface area contributed by atoms with Crippen LogP contribution in [0.2, 0.25) is 0 Å². The van der Waals surface area contributed by atoms with Gasteiger partial charge in [-0.1, -0.05) is 18.2 Å². The monoisotopic (exact) mass is 326 g/mol. The van der Waals surface area contributed by atoms with Crippen LogP contribution < -0.4 is 0 Å². The fourth-order valence-electron chi connectivity index (χ4n) is 4.10. The van der Waals surface area contributed by atoms with E-state index in [0.29, 0.717) is 6.54 Å². The molecule has 1 aliphatic carbocycles. The third-order valence-corrected chi connectivity index (χ3v) is 5.77. The molecule has 0 bridgehead atoms. The van der Waals surface area contributed by atoms with E-state index in [1.165, 1.54) is 7.11 Å². The van der Waals surface area contributed by atoms with E-state index in [2.05, 4.69) is 6.07 Å². The number of piperidine rings is 1. The molecule has 2 heterocycles. The molecule has 1 aromatic carbocycles. The van der Waals surface area contributed by atoms with Crippen LogP contribution in [0, 0.1) is 11.3 Å². The van der Waals surface area contributed by atoms with Crippen molar-refractivity contribution >= 4 is 22.8 Å². The molecule has 2 fully saturated rings. The van der Waals surface area contributed by atoms with Gasteiger partial charge in [-0.3, -0.25) is 9.59 Å². The van der Waals surface area contributed by atoms with E-state index >= 15 is 0 Å². The van der Waals surface area contributed by atoms with E-state index in [1.54, 1.807) is 0 Å². The van der Waals surface area contributed by atoms with Gasteiger partial charge in [-0.2, -0.15) is 0 Å². The Bertz CT molecular complexity index is 787. The third-order valence-electron chi connectivity index (χ3n) is 5.77. The molecule has 1 aromatic heterocycles. The van der Waals surface area contributed by atoms with Crippen LogP contribution in [0.25, 0.3) is 10.9 Å². The minimum absolute atomic E-state index is 0.0492. The zero-order chi connectivity index (χ0) is 16.7. The smallest absolute Gasteiger partial charge is 0.309 e. The number of fused-ring (bicyclic) bond motifs is 1. The average molecular weight is 326 g/mol. The second-order valence-corrected chi connectivity index (χ2v) is 7.03. The van der Waals surface area contributed by atoms with Crippen molar-refractivity contribution in [2.45, 2.75) is 25.8 Å². The largest absolute Gasteiger partial charge is 0.469 e. The van der Waals surface area contributed by atoms with Crippen LogP contribution in [0.1, 0.15) is 19.3 Å². The van der Waals surface area contributed by atoms with Crippen LogP contribution >= 0.6 is 0 Å². The minimum Gasteiger partial charge on any atom is -0.469 e. The number of hydrogen-bond donors (Lipinski definition) is 0. The van der Waals surface area contributed by atoms with E-state index in [-0.39, 0.29) is 23.2 Å². The number of carbonyl (C=O) groups is 2. The summed E-state index contributed by atoms with van der Waals surface area (Å²) in [5.41, 5.74) is 1.19. The number of para-hydroxylation sites is 1. The molecule has 0 radical (unpaired) electrons. The molecule has 0 N–H and O–H groups in total. The lowest BCUT2D eigenvalue weighted by Crippen LogP contribution is -2.41. The molecule has 1 saturated carbocycles. The number of nitrogens with zero attached hydrogens (tertiary/aromatic N) is 2. The Kier molecular flexibility index (Phi) is 3.59. The number of carbonyl (C=O) groups excluding carboxylic acids is 2. The Morgan fingerprint density at radius 3 is 2.71 bits per heavy atom. The van der Waals surface area contributed by atoms with Gasteiger partial charge in [0.25, 0.3) is 0 Å². The average Bonchev–Trinajstić information content (AvgIpc) is 3.16. The van der Waals surface area contributed by atoms with Gasteiger partial charge in [-0.15, -0.1) is 0 Å². The Morgan fingerprint density at radius 1 is 1.21 bits per heavy atom. The number of aromatic nitrogens is 1. The first kappa shape index (κ1) is 15.2. The molecule has 2 aromatic rings. The molecule has 1 aliphatic heterocycles. The molecule has 126 valence electrons. The highest BCUT2D eigenvalue weighted by molar-refractivity contribution is 5.83. The van der Waals surface area contributed by atoms with Crippen molar-refractivity contribution in [1.29, 1.82) is 0 Å². The zero-order valence-electron chi connectivity index (χ0n) is 13.9. The maximum Gasteiger partial charge on any atom is 0.309 e. The number of hydrogen-bond acceptors (Lipinski definition) is 3. The Labute approximate surface area is 141 Å². The summed E-state index contributed by atoms with van der Waals surface area (Å²) in [6.45, 7) is 1.86. The lowest BCUT2D eigenvalue weighted by atomic mass is 9.91. The SMILES string of the molecule is COC(=O)C1CC12CCN(C(=O)Cn1ccc3ccccc31)CC2. The van der Waals surface area contributed by atoms with Gasteiger partial charge in [0.05, 0.1) is 13.0 Å². The van der Waals surface area contributed by atoms with Gasteiger partial charge in [-0.25, -0.2) is 0 Å². The predicted molar refractivity (Wildman–Crippen MR) is 90.3 cm³/mol. The molecule has 1 spiro atoms. The highest BCUT2D eigenvalue weighted by Crippen LogP contribution is 2.59. The molecule has 24 heavy (non-hydrogen) atoms. The van der Waals surface area contributed by atoms with E-state index in [9.17, 15) is 9.59 Å². The van der Waals surface area contributed by atoms with Crippen LogP contribution in [0.15, 0.2) is 36.5 Å². The predicted octanol–water partition coefficient (Wildman–Crippen LogP) is 2.44. The molecule has 1 saturated heterocycles. The summed E-state index contributed by atoms with van der Waals surface area (Å²) in [5.74, 6) is 0.114. The molecule has 1 atom stereocenters. The Morgan fingerprint density at radius 2 is 1.96 bits per heavy atom. The number of methoxy groups -OCH3 is 1. The Hall–Kier alpha value is -2.30. The highest BCUT2D eigenvalue weighted by Gasteiger charge is 2.59. The quantitative estimate of drug-likeness (QED) is 0.814. The van der Waals surface area contributed by atoms with Gasteiger partial charge in [0, 0.05) is 24.8 Å². The molecular formula is C19H22N2O3. The van der Waals surface area contributed by atoms with Crippen LogP contribution in [-0.2, 0) is 20.9 Å². The zero-order valence-corrected chi connectivity index (χ0v) is 13.9. The number of benzene rings is 1. The molecule has 5 nitrogen and oxygen atoms in total. The third kappa shape index (κ3) is 2.48. The summed E-state index contributed by atoms with van der Waals surface area (Å²) in [6.07, 6.45) is 4.71. The van der Waals surface area contributed by atoms with Gasteiger partial charge >= 0.3 is 5.97 Å². The van der Waals surface area contributed by atoms with E-state index in [4.69, 9.17) is 4.74 Å². The van der Waals surface area contributed by atoms with Crippen molar-refractivity contribution in [3.8, 4) is 0 Å². The normalized spacial score (nSPS) is 21.9. The van der Waals surface area contributed by atoms with E-state index in [0.717, 1.165) is 43.3 Å². The van der Waals surface area contributed by atoms with Crippen molar-refractivity contribution < 1.29 is 14.3 Å². The molecule has 5 heteroatoms. The van der Waals surface area contributed by atoms with Crippen LogP contribution in [0.4, 0.5) is 0 Å². The van der Waals surface area contributed by atoms with Crippen LogP contribution in [-0.4, -0.2) is 41.5 Å².